The molecule has 1 aromatic carbocycles. The topological polar surface area (TPSA) is 27.6 Å². The van der Waals surface area contributed by atoms with Gasteiger partial charge in [0.1, 0.15) is 6.67 Å². The van der Waals surface area contributed by atoms with Gasteiger partial charge in [-0.1, -0.05) is 24.3 Å². The Bertz CT molecular complexity index is 406. The van der Waals surface area contributed by atoms with Crippen LogP contribution >= 0.6 is 0 Å². The molecule has 1 aromatic rings. The second kappa shape index (κ2) is 2.36. The number of hydrogen-bond acceptors (Lipinski definition) is 3. The zero-order valence-corrected chi connectivity index (χ0v) is 7.07. The average Bonchev–Trinajstić information content (AvgIpc) is 2.65. The maximum atomic E-state index is 4.24. The van der Waals surface area contributed by atoms with E-state index in [1.807, 2.05) is 12.1 Å². The van der Waals surface area contributed by atoms with Gasteiger partial charge >= 0.3 is 0 Å². The molecule has 64 valence electrons. The maximum absolute atomic E-state index is 4.24. The van der Waals surface area contributed by atoms with E-state index in [2.05, 4.69) is 39.8 Å². The third-order valence-electron chi connectivity index (χ3n) is 2.33. The molecule has 2 aliphatic heterocycles. The van der Waals surface area contributed by atoms with E-state index in [1.165, 1.54) is 11.1 Å². The number of rotatable bonds is 0. The molecule has 2 heterocycles. The summed E-state index contributed by atoms with van der Waals surface area (Å²) in [7, 11) is 0. The van der Waals surface area contributed by atoms with Gasteiger partial charge in [0.2, 0.25) is 0 Å². The van der Waals surface area contributed by atoms with Crippen LogP contribution in [-0.4, -0.2) is 17.4 Å². The molecule has 2 aliphatic rings. The number of nitrogens with zero attached hydrogens (tertiary/aromatic N) is 2. The van der Waals surface area contributed by atoms with Crippen molar-refractivity contribution in [1.29, 1.82) is 0 Å². The molecule has 0 aromatic heterocycles. The van der Waals surface area contributed by atoms with Gasteiger partial charge in [-0.25, -0.2) is 0 Å². The van der Waals surface area contributed by atoms with Gasteiger partial charge in [-0.05, 0) is 11.6 Å². The van der Waals surface area contributed by atoms with Crippen LogP contribution in [0.3, 0.4) is 0 Å². The largest absolute Gasteiger partial charge is 0.312 e. The molecule has 3 nitrogen and oxygen atoms in total. The van der Waals surface area contributed by atoms with Gasteiger partial charge in [0.15, 0.2) is 5.84 Å². The van der Waals surface area contributed by atoms with Crippen molar-refractivity contribution in [2.24, 2.45) is 5.10 Å². The zero-order valence-electron chi connectivity index (χ0n) is 7.07. The molecular weight excluding hydrogens is 162 g/mol. The van der Waals surface area contributed by atoms with Crippen molar-refractivity contribution in [3.8, 4) is 0 Å². The summed E-state index contributed by atoms with van der Waals surface area (Å²) in [5, 5.41) is 4.24. The lowest BCUT2D eigenvalue weighted by Gasteiger charge is -2.19. The Hall–Kier alpha value is -1.77. The van der Waals surface area contributed by atoms with Crippen molar-refractivity contribution in [3.05, 3.63) is 41.6 Å². The predicted octanol–water partition coefficient (Wildman–Crippen LogP) is 1.20. The summed E-state index contributed by atoms with van der Waals surface area (Å²) in [5.41, 5.74) is 5.41. The minimum atomic E-state index is 0.778. The number of hydrazone groups is 1. The highest BCUT2D eigenvalue weighted by atomic mass is 15.5. The Kier molecular flexibility index (Phi) is 1.22. The minimum Gasteiger partial charge on any atom is -0.312 e. The molecule has 13 heavy (non-hydrogen) atoms. The van der Waals surface area contributed by atoms with Gasteiger partial charge in [0, 0.05) is 11.8 Å². The second-order valence-electron chi connectivity index (χ2n) is 3.12. The predicted molar refractivity (Wildman–Crippen MR) is 51.9 cm³/mol. The highest BCUT2D eigenvalue weighted by Gasteiger charge is 2.21. The monoisotopic (exact) mass is 171 g/mol. The van der Waals surface area contributed by atoms with Crippen LogP contribution in [0, 0.1) is 0 Å². The standard InChI is InChI=1S/C10H9N3/c1-2-4-9-8(3-1)5-6-13-7-11-12-10(9)13/h1-6,11H,7H2. The van der Waals surface area contributed by atoms with Gasteiger partial charge in [0.05, 0.1) is 0 Å². The Morgan fingerprint density at radius 2 is 2.23 bits per heavy atom. The first-order chi connectivity index (χ1) is 6.45. The Morgan fingerprint density at radius 3 is 3.23 bits per heavy atom. The Morgan fingerprint density at radius 1 is 1.31 bits per heavy atom. The normalized spacial score (nSPS) is 17.5. The van der Waals surface area contributed by atoms with Crippen LogP contribution < -0.4 is 5.43 Å². The van der Waals surface area contributed by atoms with Crippen LogP contribution in [0.4, 0.5) is 0 Å². The van der Waals surface area contributed by atoms with E-state index in [9.17, 15) is 0 Å². The fourth-order valence-corrected chi connectivity index (χ4v) is 1.68. The molecule has 0 atom stereocenters. The number of nitrogens with one attached hydrogen (secondary N) is 1. The first-order valence-electron chi connectivity index (χ1n) is 4.30. The van der Waals surface area contributed by atoms with E-state index in [0.717, 1.165) is 12.5 Å². The molecule has 0 aliphatic carbocycles. The number of amidine groups is 1. The van der Waals surface area contributed by atoms with E-state index in [-0.39, 0.29) is 0 Å². The molecule has 0 spiro atoms. The fourth-order valence-electron chi connectivity index (χ4n) is 1.68. The second-order valence-corrected chi connectivity index (χ2v) is 3.12. The molecule has 0 fully saturated rings. The Balaban J connectivity index is 2.23. The smallest absolute Gasteiger partial charge is 0.161 e. The molecule has 1 N–H and O–H groups in total. The molecule has 0 unspecified atom stereocenters. The van der Waals surface area contributed by atoms with Gasteiger partial charge in [-0.2, -0.15) is 5.10 Å². The van der Waals surface area contributed by atoms with E-state index >= 15 is 0 Å². The minimum absolute atomic E-state index is 0.778. The van der Waals surface area contributed by atoms with E-state index in [1.54, 1.807) is 0 Å². The van der Waals surface area contributed by atoms with Crippen LogP contribution in [0.25, 0.3) is 6.08 Å². The van der Waals surface area contributed by atoms with Gasteiger partial charge < -0.3 is 4.90 Å². The third kappa shape index (κ3) is 0.869. The summed E-state index contributed by atoms with van der Waals surface area (Å²) in [6, 6.07) is 8.28. The van der Waals surface area contributed by atoms with Crippen molar-refractivity contribution in [1.82, 2.24) is 10.3 Å². The molecular formula is C10H9N3. The van der Waals surface area contributed by atoms with Crippen LogP contribution in [0.5, 0.6) is 0 Å². The van der Waals surface area contributed by atoms with E-state index in [0.29, 0.717) is 0 Å². The fraction of sp³-hybridized carbons (Fsp3) is 0.100. The summed E-state index contributed by atoms with van der Waals surface area (Å²) in [6.45, 7) is 0.778. The lowest BCUT2D eigenvalue weighted by Crippen LogP contribution is -2.26. The SMILES string of the molecule is C1=CN2CNN=C2c2ccccc21. The number of hydrogen-bond donors (Lipinski definition) is 1. The van der Waals surface area contributed by atoms with Crippen molar-refractivity contribution >= 4 is 11.9 Å². The molecule has 0 amide bonds. The van der Waals surface area contributed by atoms with E-state index < -0.39 is 0 Å². The van der Waals surface area contributed by atoms with Crippen LogP contribution in [0.2, 0.25) is 0 Å². The van der Waals surface area contributed by atoms with Crippen LogP contribution in [0.1, 0.15) is 11.1 Å². The summed E-state index contributed by atoms with van der Waals surface area (Å²) in [4.78, 5) is 2.10. The maximum Gasteiger partial charge on any atom is 0.161 e. The van der Waals surface area contributed by atoms with Gasteiger partial charge in [-0.3, -0.25) is 5.43 Å². The van der Waals surface area contributed by atoms with Crippen LogP contribution in [0.15, 0.2) is 35.6 Å². The first-order valence-corrected chi connectivity index (χ1v) is 4.30. The number of fused-ring (bicyclic) bond motifs is 3. The molecule has 0 bridgehead atoms. The lowest BCUT2D eigenvalue weighted by molar-refractivity contribution is 0.551. The summed E-state index contributed by atoms with van der Waals surface area (Å²) >= 11 is 0. The highest BCUT2D eigenvalue weighted by molar-refractivity contribution is 6.04. The lowest BCUT2D eigenvalue weighted by atomic mass is 10.0. The molecule has 0 saturated heterocycles. The summed E-state index contributed by atoms with van der Waals surface area (Å²) < 4.78 is 0. The van der Waals surface area contributed by atoms with E-state index in [4.69, 9.17) is 0 Å². The Labute approximate surface area is 76.4 Å². The average molecular weight is 171 g/mol. The van der Waals surface area contributed by atoms with Crippen molar-refractivity contribution in [3.63, 3.8) is 0 Å². The summed E-state index contributed by atoms with van der Waals surface area (Å²) in [5.74, 6) is 1.03. The number of benzene rings is 1. The molecule has 0 saturated carbocycles. The molecule has 0 radical (unpaired) electrons. The van der Waals surface area contributed by atoms with Gasteiger partial charge in [-0.15, -0.1) is 0 Å². The highest BCUT2D eigenvalue weighted by Crippen LogP contribution is 2.20. The van der Waals surface area contributed by atoms with Crippen molar-refractivity contribution in [2.75, 3.05) is 6.67 Å². The third-order valence-corrected chi connectivity index (χ3v) is 2.33. The van der Waals surface area contributed by atoms with Crippen LogP contribution in [-0.2, 0) is 0 Å². The quantitative estimate of drug-likeness (QED) is 0.635. The van der Waals surface area contributed by atoms with Crippen molar-refractivity contribution < 1.29 is 0 Å². The zero-order chi connectivity index (χ0) is 8.67. The first kappa shape index (κ1) is 6.71. The summed E-state index contributed by atoms with van der Waals surface area (Å²) in [6.07, 6.45) is 4.17. The molecule has 3 rings (SSSR count). The van der Waals surface area contributed by atoms with Gasteiger partial charge in [0.25, 0.3) is 0 Å². The molecule has 3 heteroatoms. The van der Waals surface area contributed by atoms with Crippen molar-refractivity contribution in [2.45, 2.75) is 0 Å².